The molecule has 1 amide bonds. The van der Waals surface area contributed by atoms with Gasteiger partial charge in [0.25, 0.3) is 0 Å². The molecule has 2 aliphatic rings. The molecule has 24 heavy (non-hydrogen) atoms. The van der Waals surface area contributed by atoms with Gasteiger partial charge < -0.3 is 9.64 Å². The lowest BCUT2D eigenvalue weighted by atomic mass is 10.1. The third-order valence-corrected chi connectivity index (χ3v) is 4.70. The van der Waals surface area contributed by atoms with E-state index in [1.165, 1.54) is 0 Å². The maximum atomic E-state index is 12.1. The molecule has 1 aliphatic carbocycles. The number of hydrogen-bond donors (Lipinski definition) is 0. The lowest BCUT2D eigenvalue weighted by Crippen LogP contribution is -2.42. The van der Waals surface area contributed by atoms with Gasteiger partial charge in [-0.05, 0) is 37.1 Å². The number of carbonyl (C=O) groups excluding carboxylic acids is 1. The van der Waals surface area contributed by atoms with Gasteiger partial charge in [-0.25, -0.2) is 0 Å². The highest BCUT2D eigenvalue weighted by molar-refractivity contribution is 5.81. The smallest absolute Gasteiger partial charge is 0.225 e. The standard InChI is InChI=1S/C19H21N3O2/c23-19(15-3-4-15)22-12-7-16(8-13-22)24-17-2-1-9-21-18(17)14-5-10-20-11-6-14/h1-2,5-6,9-11,15-16H,3-4,7-8,12-13H2. The number of pyridine rings is 2. The number of nitrogens with zero attached hydrogens (tertiary/aromatic N) is 3. The number of ether oxygens (including phenoxy) is 1. The van der Waals surface area contributed by atoms with Crippen molar-refractivity contribution in [2.24, 2.45) is 5.92 Å². The summed E-state index contributed by atoms with van der Waals surface area (Å²) in [6.07, 6.45) is 9.33. The third kappa shape index (κ3) is 3.25. The largest absolute Gasteiger partial charge is 0.488 e. The first kappa shape index (κ1) is 15.1. The Balaban J connectivity index is 1.42. The Morgan fingerprint density at radius 1 is 1.04 bits per heavy atom. The van der Waals surface area contributed by atoms with Gasteiger partial charge in [0.05, 0.1) is 0 Å². The zero-order valence-electron chi connectivity index (χ0n) is 13.6. The van der Waals surface area contributed by atoms with Crippen molar-refractivity contribution < 1.29 is 9.53 Å². The van der Waals surface area contributed by atoms with Crippen LogP contribution in [0.15, 0.2) is 42.9 Å². The average molecular weight is 323 g/mol. The molecule has 2 aromatic heterocycles. The molecular weight excluding hydrogens is 302 g/mol. The van der Waals surface area contributed by atoms with E-state index in [0.29, 0.717) is 11.8 Å². The van der Waals surface area contributed by atoms with E-state index < -0.39 is 0 Å². The molecule has 4 rings (SSSR count). The quantitative estimate of drug-likeness (QED) is 0.868. The van der Waals surface area contributed by atoms with Crippen LogP contribution < -0.4 is 4.74 Å². The molecule has 5 heteroatoms. The van der Waals surface area contributed by atoms with Crippen LogP contribution in [0, 0.1) is 5.92 Å². The predicted octanol–water partition coefficient (Wildman–Crippen LogP) is 2.92. The van der Waals surface area contributed by atoms with Crippen molar-refractivity contribution in [2.45, 2.75) is 31.8 Å². The first-order valence-electron chi connectivity index (χ1n) is 8.62. The first-order valence-corrected chi connectivity index (χ1v) is 8.62. The maximum absolute atomic E-state index is 12.1. The molecule has 3 heterocycles. The number of rotatable bonds is 4. The van der Waals surface area contributed by atoms with Crippen LogP contribution >= 0.6 is 0 Å². The lowest BCUT2D eigenvalue weighted by Gasteiger charge is -2.32. The summed E-state index contributed by atoms with van der Waals surface area (Å²) in [5.74, 6) is 1.45. The summed E-state index contributed by atoms with van der Waals surface area (Å²) in [5.41, 5.74) is 1.85. The van der Waals surface area contributed by atoms with Gasteiger partial charge in [-0.15, -0.1) is 0 Å². The molecule has 124 valence electrons. The second-order valence-corrected chi connectivity index (χ2v) is 6.50. The Bertz CT molecular complexity index is 708. The topological polar surface area (TPSA) is 55.3 Å². The number of aromatic nitrogens is 2. The monoisotopic (exact) mass is 323 g/mol. The highest BCUT2D eigenvalue weighted by Gasteiger charge is 2.35. The summed E-state index contributed by atoms with van der Waals surface area (Å²) in [4.78, 5) is 22.7. The van der Waals surface area contributed by atoms with E-state index in [2.05, 4.69) is 9.97 Å². The Kier molecular flexibility index (Phi) is 4.15. The van der Waals surface area contributed by atoms with Crippen LogP contribution in [0.2, 0.25) is 0 Å². The van der Waals surface area contributed by atoms with Crippen molar-refractivity contribution in [3.63, 3.8) is 0 Å². The minimum Gasteiger partial charge on any atom is -0.488 e. The molecule has 5 nitrogen and oxygen atoms in total. The molecule has 0 unspecified atom stereocenters. The van der Waals surface area contributed by atoms with Gasteiger partial charge in [0.1, 0.15) is 17.5 Å². The fourth-order valence-corrected chi connectivity index (χ4v) is 3.17. The molecule has 0 N–H and O–H groups in total. The average Bonchev–Trinajstić information content (AvgIpc) is 3.48. The molecule has 0 bridgehead atoms. The molecule has 2 fully saturated rings. The summed E-state index contributed by atoms with van der Waals surface area (Å²) in [6, 6.07) is 7.73. The molecule has 0 spiro atoms. The van der Waals surface area contributed by atoms with Gasteiger partial charge in [-0.2, -0.15) is 0 Å². The van der Waals surface area contributed by atoms with E-state index in [1.807, 2.05) is 29.2 Å². The van der Waals surface area contributed by atoms with E-state index in [9.17, 15) is 4.79 Å². The van der Waals surface area contributed by atoms with Crippen LogP contribution in [0.25, 0.3) is 11.3 Å². The molecule has 2 aromatic rings. The van der Waals surface area contributed by atoms with Crippen LogP contribution in [-0.4, -0.2) is 40.0 Å². The fourth-order valence-electron chi connectivity index (χ4n) is 3.17. The van der Waals surface area contributed by atoms with Gasteiger partial charge in [-0.1, -0.05) is 0 Å². The third-order valence-electron chi connectivity index (χ3n) is 4.70. The van der Waals surface area contributed by atoms with E-state index in [4.69, 9.17) is 4.74 Å². The Morgan fingerprint density at radius 2 is 1.79 bits per heavy atom. The number of amides is 1. The van der Waals surface area contributed by atoms with Crippen molar-refractivity contribution in [2.75, 3.05) is 13.1 Å². The van der Waals surface area contributed by atoms with Crippen LogP contribution in [0.4, 0.5) is 0 Å². The normalized spacial score (nSPS) is 18.4. The second-order valence-electron chi connectivity index (χ2n) is 6.50. The van der Waals surface area contributed by atoms with Crippen molar-refractivity contribution in [3.05, 3.63) is 42.9 Å². The van der Waals surface area contributed by atoms with E-state index in [1.54, 1.807) is 18.6 Å². The molecule has 1 saturated carbocycles. The minimum absolute atomic E-state index is 0.137. The van der Waals surface area contributed by atoms with E-state index in [-0.39, 0.29) is 6.10 Å². The fraction of sp³-hybridized carbons (Fsp3) is 0.421. The van der Waals surface area contributed by atoms with E-state index in [0.717, 1.165) is 55.8 Å². The minimum atomic E-state index is 0.137. The van der Waals surface area contributed by atoms with Crippen LogP contribution in [0.3, 0.4) is 0 Å². The Labute approximate surface area is 141 Å². The molecule has 1 saturated heterocycles. The van der Waals surface area contributed by atoms with E-state index >= 15 is 0 Å². The highest BCUT2D eigenvalue weighted by atomic mass is 16.5. The summed E-state index contributed by atoms with van der Waals surface area (Å²) in [5, 5.41) is 0. The summed E-state index contributed by atoms with van der Waals surface area (Å²) < 4.78 is 6.22. The van der Waals surface area contributed by atoms with Gasteiger partial charge in [-0.3, -0.25) is 14.8 Å². The number of piperidine rings is 1. The van der Waals surface area contributed by atoms with Crippen molar-refractivity contribution in [3.8, 4) is 17.0 Å². The second kappa shape index (κ2) is 6.59. The summed E-state index contributed by atoms with van der Waals surface area (Å²) in [7, 11) is 0. The maximum Gasteiger partial charge on any atom is 0.225 e. The zero-order valence-corrected chi connectivity index (χ0v) is 13.6. The number of hydrogen-bond acceptors (Lipinski definition) is 4. The molecule has 1 aliphatic heterocycles. The van der Waals surface area contributed by atoms with Gasteiger partial charge in [0.2, 0.25) is 5.91 Å². The molecular formula is C19H21N3O2. The Morgan fingerprint density at radius 3 is 2.50 bits per heavy atom. The first-order chi connectivity index (χ1) is 11.8. The van der Waals surface area contributed by atoms with Crippen molar-refractivity contribution in [1.82, 2.24) is 14.9 Å². The van der Waals surface area contributed by atoms with Gasteiger partial charge >= 0.3 is 0 Å². The molecule has 0 atom stereocenters. The number of likely N-dealkylation sites (tertiary alicyclic amines) is 1. The Hall–Kier alpha value is -2.43. The van der Waals surface area contributed by atoms with Crippen LogP contribution in [0.5, 0.6) is 5.75 Å². The zero-order chi connectivity index (χ0) is 16.4. The van der Waals surface area contributed by atoms with Crippen molar-refractivity contribution >= 4 is 5.91 Å². The number of carbonyl (C=O) groups is 1. The van der Waals surface area contributed by atoms with Gasteiger partial charge in [0, 0.05) is 56.0 Å². The predicted molar refractivity (Wildman–Crippen MR) is 90.4 cm³/mol. The van der Waals surface area contributed by atoms with Crippen molar-refractivity contribution in [1.29, 1.82) is 0 Å². The SMILES string of the molecule is O=C(C1CC1)N1CCC(Oc2cccnc2-c2ccncc2)CC1. The molecule has 0 aromatic carbocycles. The highest BCUT2D eigenvalue weighted by Crippen LogP contribution is 2.33. The van der Waals surface area contributed by atoms with Crippen LogP contribution in [0.1, 0.15) is 25.7 Å². The summed E-state index contributed by atoms with van der Waals surface area (Å²) in [6.45, 7) is 1.59. The van der Waals surface area contributed by atoms with Gasteiger partial charge in [0.15, 0.2) is 0 Å². The lowest BCUT2D eigenvalue weighted by molar-refractivity contribution is -0.134. The van der Waals surface area contributed by atoms with Crippen LogP contribution in [-0.2, 0) is 4.79 Å². The molecule has 0 radical (unpaired) electrons. The summed E-state index contributed by atoms with van der Waals surface area (Å²) >= 11 is 0.